The number of rotatable bonds is 7. The van der Waals surface area contributed by atoms with Crippen molar-refractivity contribution < 1.29 is 4.79 Å². The molecule has 1 aromatic rings. The van der Waals surface area contributed by atoms with E-state index < -0.39 is 0 Å². The molecule has 0 radical (unpaired) electrons. The Hall–Kier alpha value is -1.06. The molecule has 0 unspecified atom stereocenters. The molecule has 2 rings (SSSR count). The van der Waals surface area contributed by atoms with Gasteiger partial charge in [-0.3, -0.25) is 4.79 Å². The number of benzene rings is 1. The van der Waals surface area contributed by atoms with Crippen molar-refractivity contribution in [3.05, 3.63) is 35.9 Å². The maximum Gasteiger partial charge on any atom is 0.220 e. The van der Waals surface area contributed by atoms with Crippen LogP contribution in [0.25, 0.3) is 0 Å². The largest absolute Gasteiger partial charge is 0.355 e. The van der Waals surface area contributed by atoms with Gasteiger partial charge in [0.2, 0.25) is 5.91 Å². The highest BCUT2D eigenvalue weighted by atomic mass is 35.5. The van der Waals surface area contributed by atoms with Crippen LogP contribution in [0, 0.1) is 0 Å². The molecule has 112 valence electrons. The zero-order valence-corrected chi connectivity index (χ0v) is 13.1. The normalized spacial score (nSPS) is 14.5. The highest BCUT2D eigenvalue weighted by molar-refractivity contribution is 5.85. The monoisotopic (exact) mass is 296 g/mol. The summed E-state index contributed by atoms with van der Waals surface area (Å²) in [6, 6.07) is 10.9. The number of hydrogen-bond acceptors (Lipinski definition) is 2. The Morgan fingerprint density at radius 1 is 1.20 bits per heavy atom. The molecule has 0 bridgehead atoms. The van der Waals surface area contributed by atoms with E-state index in [1.54, 1.807) is 0 Å². The van der Waals surface area contributed by atoms with Crippen LogP contribution in [-0.4, -0.2) is 25.0 Å². The van der Waals surface area contributed by atoms with Crippen LogP contribution in [0.3, 0.4) is 0 Å². The molecule has 4 heteroatoms. The molecule has 0 aromatic heterocycles. The molecule has 1 aliphatic carbocycles. The molecular formula is C16H25ClN2O. The highest BCUT2D eigenvalue weighted by Crippen LogP contribution is 2.26. The van der Waals surface area contributed by atoms with Gasteiger partial charge in [-0.1, -0.05) is 44.2 Å². The Labute approximate surface area is 127 Å². The van der Waals surface area contributed by atoms with Gasteiger partial charge in [0.25, 0.3) is 0 Å². The van der Waals surface area contributed by atoms with Crippen molar-refractivity contribution in [2.24, 2.45) is 0 Å². The third-order valence-corrected chi connectivity index (χ3v) is 3.62. The quantitative estimate of drug-likeness (QED) is 0.760. The average Bonchev–Trinajstić information content (AvgIpc) is 3.19. The molecule has 1 amide bonds. The lowest BCUT2D eigenvalue weighted by molar-refractivity contribution is -0.122. The molecule has 1 saturated carbocycles. The van der Waals surface area contributed by atoms with E-state index in [1.165, 1.54) is 18.4 Å². The van der Waals surface area contributed by atoms with E-state index in [9.17, 15) is 4.79 Å². The highest BCUT2D eigenvalue weighted by Gasteiger charge is 2.24. The number of carbonyl (C=O) groups is 1. The molecule has 2 N–H and O–H groups in total. The molecule has 0 saturated heterocycles. The van der Waals surface area contributed by atoms with E-state index >= 15 is 0 Å². The molecule has 3 nitrogen and oxygen atoms in total. The van der Waals surface area contributed by atoms with Gasteiger partial charge in [0.1, 0.15) is 0 Å². The van der Waals surface area contributed by atoms with E-state index in [1.807, 2.05) is 18.2 Å². The van der Waals surface area contributed by atoms with Crippen LogP contribution in [0.1, 0.15) is 38.7 Å². The summed E-state index contributed by atoms with van der Waals surface area (Å²) in [5, 5.41) is 6.38. The fraction of sp³-hybridized carbons (Fsp3) is 0.562. The standard InChI is InChI=1S/C16H24N2O.ClH/c1-16(2,13-6-4-3-5-7-13)12-15(19)18-11-10-17-14-8-9-14;/h3-7,14,17H,8-12H2,1-2H3,(H,18,19);1H. The molecule has 0 atom stereocenters. The number of halogens is 1. The SMILES string of the molecule is CC(C)(CC(=O)NCCNC1CC1)c1ccccc1.Cl. The van der Waals surface area contributed by atoms with E-state index in [2.05, 4.69) is 36.6 Å². The Balaban J connectivity index is 0.00000200. The number of hydrogen-bond donors (Lipinski definition) is 2. The van der Waals surface area contributed by atoms with Gasteiger partial charge in [-0.15, -0.1) is 12.4 Å². The predicted octanol–water partition coefficient (Wildman–Crippen LogP) is 2.64. The van der Waals surface area contributed by atoms with Crippen LogP contribution in [0.15, 0.2) is 30.3 Å². The first-order valence-corrected chi connectivity index (χ1v) is 7.13. The minimum atomic E-state index is -0.116. The van der Waals surface area contributed by atoms with E-state index in [0.717, 1.165) is 13.1 Å². The van der Waals surface area contributed by atoms with Crippen molar-refractivity contribution in [2.45, 2.75) is 44.6 Å². The number of amides is 1. The molecule has 20 heavy (non-hydrogen) atoms. The fourth-order valence-corrected chi connectivity index (χ4v) is 2.22. The minimum absolute atomic E-state index is 0. The first-order chi connectivity index (χ1) is 9.08. The van der Waals surface area contributed by atoms with Crippen molar-refractivity contribution in [3.8, 4) is 0 Å². The summed E-state index contributed by atoms with van der Waals surface area (Å²) in [5.41, 5.74) is 1.09. The molecule has 1 aliphatic rings. The first-order valence-electron chi connectivity index (χ1n) is 7.13. The summed E-state index contributed by atoms with van der Waals surface area (Å²) >= 11 is 0. The van der Waals surface area contributed by atoms with Gasteiger partial charge >= 0.3 is 0 Å². The lowest BCUT2D eigenvalue weighted by Crippen LogP contribution is -2.35. The second kappa shape index (κ2) is 7.65. The Bertz CT molecular complexity index is 416. The lowest BCUT2D eigenvalue weighted by Gasteiger charge is -2.24. The van der Waals surface area contributed by atoms with Gasteiger partial charge in [0, 0.05) is 25.6 Å². The van der Waals surface area contributed by atoms with Gasteiger partial charge in [0.15, 0.2) is 0 Å². The molecule has 1 aromatic carbocycles. The van der Waals surface area contributed by atoms with Gasteiger partial charge in [0.05, 0.1) is 0 Å². The van der Waals surface area contributed by atoms with Crippen molar-refractivity contribution >= 4 is 18.3 Å². The van der Waals surface area contributed by atoms with Crippen molar-refractivity contribution in [2.75, 3.05) is 13.1 Å². The summed E-state index contributed by atoms with van der Waals surface area (Å²) in [4.78, 5) is 12.0. The van der Waals surface area contributed by atoms with Crippen molar-refractivity contribution in [1.82, 2.24) is 10.6 Å². The average molecular weight is 297 g/mol. The van der Waals surface area contributed by atoms with Gasteiger partial charge in [-0.05, 0) is 23.8 Å². The molecule has 0 aliphatic heterocycles. The summed E-state index contributed by atoms with van der Waals surface area (Å²) < 4.78 is 0. The summed E-state index contributed by atoms with van der Waals surface area (Å²) in [6.07, 6.45) is 3.10. The third kappa shape index (κ3) is 5.51. The minimum Gasteiger partial charge on any atom is -0.355 e. The van der Waals surface area contributed by atoms with Gasteiger partial charge in [-0.2, -0.15) is 0 Å². The van der Waals surface area contributed by atoms with Crippen LogP contribution in [0.2, 0.25) is 0 Å². The van der Waals surface area contributed by atoms with E-state index in [-0.39, 0.29) is 23.7 Å². The third-order valence-electron chi connectivity index (χ3n) is 3.62. The van der Waals surface area contributed by atoms with E-state index in [0.29, 0.717) is 12.5 Å². The fourth-order valence-electron chi connectivity index (χ4n) is 2.22. The van der Waals surface area contributed by atoms with Crippen molar-refractivity contribution in [1.29, 1.82) is 0 Å². The predicted molar refractivity (Wildman–Crippen MR) is 85.4 cm³/mol. The lowest BCUT2D eigenvalue weighted by atomic mass is 9.81. The van der Waals surface area contributed by atoms with Crippen LogP contribution in [0.5, 0.6) is 0 Å². The summed E-state index contributed by atoms with van der Waals surface area (Å²) in [7, 11) is 0. The summed E-state index contributed by atoms with van der Waals surface area (Å²) in [6.45, 7) is 5.83. The zero-order valence-electron chi connectivity index (χ0n) is 12.3. The van der Waals surface area contributed by atoms with Crippen LogP contribution in [0.4, 0.5) is 0 Å². The second-order valence-corrected chi connectivity index (χ2v) is 6.01. The van der Waals surface area contributed by atoms with Crippen LogP contribution < -0.4 is 10.6 Å². The smallest absolute Gasteiger partial charge is 0.220 e. The number of nitrogens with one attached hydrogen (secondary N) is 2. The van der Waals surface area contributed by atoms with Crippen molar-refractivity contribution in [3.63, 3.8) is 0 Å². The molecule has 0 spiro atoms. The maximum absolute atomic E-state index is 12.0. The van der Waals surface area contributed by atoms with Gasteiger partial charge < -0.3 is 10.6 Å². The van der Waals surface area contributed by atoms with E-state index in [4.69, 9.17) is 0 Å². The summed E-state index contributed by atoms with van der Waals surface area (Å²) in [5.74, 6) is 0.131. The topological polar surface area (TPSA) is 41.1 Å². The Morgan fingerprint density at radius 3 is 2.45 bits per heavy atom. The molecule has 1 fully saturated rings. The molecular weight excluding hydrogens is 272 g/mol. The molecule has 0 heterocycles. The maximum atomic E-state index is 12.0. The van der Waals surface area contributed by atoms with Crippen LogP contribution >= 0.6 is 12.4 Å². The van der Waals surface area contributed by atoms with Crippen LogP contribution in [-0.2, 0) is 10.2 Å². The second-order valence-electron chi connectivity index (χ2n) is 6.01. The Kier molecular flexibility index (Phi) is 6.50. The zero-order chi connectivity index (χ0) is 13.7. The first kappa shape index (κ1) is 17.0. The van der Waals surface area contributed by atoms with Gasteiger partial charge in [-0.25, -0.2) is 0 Å². The number of carbonyl (C=O) groups excluding carboxylic acids is 1. The Morgan fingerprint density at radius 2 is 1.85 bits per heavy atom.